The maximum atomic E-state index is 11.1. The lowest BCUT2D eigenvalue weighted by Gasteiger charge is -2.07. The molecule has 3 rings (SSSR count). The van der Waals surface area contributed by atoms with Gasteiger partial charge in [0.1, 0.15) is 5.82 Å². The van der Waals surface area contributed by atoms with Crippen LogP contribution in [0.5, 0.6) is 11.5 Å². The van der Waals surface area contributed by atoms with Crippen molar-refractivity contribution in [3.63, 3.8) is 0 Å². The molecule has 1 N–H and O–H groups in total. The number of nitrogens with one attached hydrogen (secondary N) is 1. The Labute approximate surface area is 150 Å². The summed E-state index contributed by atoms with van der Waals surface area (Å²) in [7, 11) is 3.16. The number of aromatic nitrogens is 2. The minimum Gasteiger partial charge on any atom is -0.545 e. The van der Waals surface area contributed by atoms with E-state index in [4.69, 9.17) is 9.47 Å². The molecule has 25 heavy (non-hydrogen) atoms. The van der Waals surface area contributed by atoms with Crippen molar-refractivity contribution in [2.45, 2.75) is 0 Å². The summed E-state index contributed by atoms with van der Waals surface area (Å²) >= 11 is 0. The molecule has 0 aliphatic heterocycles. The molecule has 1 aromatic heterocycles. The third-order valence-electron chi connectivity index (χ3n) is 3.59. The van der Waals surface area contributed by atoms with Gasteiger partial charge in [0.25, 0.3) is 0 Å². The van der Waals surface area contributed by atoms with Crippen LogP contribution < -0.4 is 14.6 Å². The molecular weight excluding hydrogens is 344 g/mol. The zero-order chi connectivity index (χ0) is 17.1. The van der Waals surface area contributed by atoms with E-state index < -0.39 is 5.97 Å². The van der Waals surface area contributed by atoms with Gasteiger partial charge in [-0.3, -0.25) is 0 Å². The smallest absolute Gasteiger partial charge is 0.161 e. The minimum atomic E-state index is -1.25. The van der Waals surface area contributed by atoms with Gasteiger partial charge in [0, 0.05) is 5.56 Å². The lowest BCUT2D eigenvalue weighted by Crippen LogP contribution is -2.22. The van der Waals surface area contributed by atoms with E-state index >= 15 is 0 Å². The zero-order valence-electron chi connectivity index (χ0n) is 13.6. The molecule has 0 fully saturated rings. The second kappa shape index (κ2) is 7.72. The fraction of sp³-hybridized carbons (Fsp3) is 0.111. The van der Waals surface area contributed by atoms with Crippen LogP contribution in [0.3, 0.4) is 0 Å². The maximum Gasteiger partial charge on any atom is 0.161 e. The number of aromatic carboxylic acids is 1. The number of hydrogen-bond acceptors (Lipinski definition) is 5. The van der Waals surface area contributed by atoms with Gasteiger partial charge < -0.3 is 24.4 Å². The Morgan fingerprint density at radius 1 is 1.12 bits per heavy atom. The van der Waals surface area contributed by atoms with Crippen molar-refractivity contribution in [1.82, 2.24) is 9.97 Å². The molecule has 0 aliphatic rings. The summed E-state index contributed by atoms with van der Waals surface area (Å²) in [5, 5.41) is 11.1. The van der Waals surface area contributed by atoms with Crippen molar-refractivity contribution in [2.75, 3.05) is 14.2 Å². The number of carboxylic acid groups (broad SMARTS) is 1. The van der Waals surface area contributed by atoms with Gasteiger partial charge in [-0.1, -0.05) is 24.3 Å². The highest BCUT2D eigenvalue weighted by atomic mass is 35.5. The number of benzene rings is 2. The lowest BCUT2D eigenvalue weighted by molar-refractivity contribution is -0.254. The number of methoxy groups -OCH3 is 2. The third-order valence-corrected chi connectivity index (χ3v) is 3.59. The van der Waals surface area contributed by atoms with Crippen LogP contribution in [-0.4, -0.2) is 30.2 Å². The van der Waals surface area contributed by atoms with Crippen molar-refractivity contribution in [3.8, 4) is 11.5 Å². The summed E-state index contributed by atoms with van der Waals surface area (Å²) < 4.78 is 10.5. The SMILES string of the molecule is COc1ccc(/C=C/c2nc3c(C(=O)[O-])cccc3[nH]2)cc1OC.Cl. The largest absolute Gasteiger partial charge is 0.545 e. The fourth-order valence-corrected chi connectivity index (χ4v) is 2.43. The Morgan fingerprint density at radius 3 is 2.56 bits per heavy atom. The summed E-state index contributed by atoms with van der Waals surface area (Å²) in [4.78, 5) is 18.5. The molecule has 0 saturated heterocycles. The summed E-state index contributed by atoms with van der Waals surface area (Å²) in [5.41, 5.74) is 1.98. The number of carbonyl (C=O) groups is 1. The third kappa shape index (κ3) is 3.75. The van der Waals surface area contributed by atoms with Gasteiger partial charge in [-0.05, 0) is 29.8 Å². The van der Waals surface area contributed by atoms with Crippen molar-refractivity contribution < 1.29 is 19.4 Å². The molecular formula is C18H16ClN2O4-. The number of fused-ring (bicyclic) bond motifs is 1. The first-order chi connectivity index (χ1) is 11.6. The van der Waals surface area contributed by atoms with Crippen LogP contribution in [0.25, 0.3) is 23.2 Å². The van der Waals surface area contributed by atoms with E-state index in [1.54, 1.807) is 32.4 Å². The number of carboxylic acids is 1. The Morgan fingerprint density at radius 2 is 1.88 bits per heavy atom. The van der Waals surface area contributed by atoms with E-state index in [0.717, 1.165) is 5.56 Å². The standard InChI is InChI=1S/C18H16N2O4.ClH/c1-23-14-8-6-11(10-15(14)24-2)7-9-16-19-13-5-3-4-12(18(21)22)17(13)20-16;/h3-10H,1-2H3,(H,19,20)(H,21,22);1H/p-1/b9-7+;. The monoisotopic (exact) mass is 359 g/mol. The van der Waals surface area contributed by atoms with Gasteiger partial charge >= 0.3 is 0 Å². The van der Waals surface area contributed by atoms with Crippen LogP contribution in [0.2, 0.25) is 0 Å². The number of ether oxygens (including phenoxy) is 2. The van der Waals surface area contributed by atoms with Crippen LogP contribution in [0.1, 0.15) is 21.7 Å². The van der Waals surface area contributed by atoms with Crippen molar-refractivity contribution >= 4 is 41.6 Å². The number of para-hydroxylation sites is 1. The normalized spacial score (nSPS) is 10.6. The highest BCUT2D eigenvalue weighted by Crippen LogP contribution is 2.28. The van der Waals surface area contributed by atoms with Crippen LogP contribution >= 0.6 is 12.4 Å². The quantitative estimate of drug-likeness (QED) is 0.756. The predicted molar refractivity (Wildman–Crippen MR) is 96.1 cm³/mol. The van der Waals surface area contributed by atoms with Gasteiger partial charge in [-0.2, -0.15) is 0 Å². The molecule has 7 heteroatoms. The number of aromatic amines is 1. The molecule has 130 valence electrons. The Kier molecular flexibility index (Phi) is 5.67. The van der Waals surface area contributed by atoms with Crippen LogP contribution in [-0.2, 0) is 0 Å². The number of nitrogens with zero attached hydrogens (tertiary/aromatic N) is 1. The number of imidazole rings is 1. The van der Waals surface area contributed by atoms with Gasteiger partial charge in [0.15, 0.2) is 11.5 Å². The average Bonchev–Trinajstić information content (AvgIpc) is 3.02. The molecule has 0 amide bonds. The highest BCUT2D eigenvalue weighted by Gasteiger charge is 2.07. The predicted octanol–water partition coefficient (Wildman–Crippen LogP) is 2.54. The van der Waals surface area contributed by atoms with E-state index in [-0.39, 0.29) is 18.0 Å². The molecule has 0 radical (unpaired) electrons. The van der Waals surface area contributed by atoms with E-state index in [2.05, 4.69) is 9.97 Å². The van der Waals surface area contributed by atoms with E-state index in [1.165, 1.54) is 6.07 Å². The van der Waals surface area contributed by atoms with Crippen molar-refractivity contribution in [3.05, 3.63) is 53.3 Å². The van der Waals surface area contributed by atoms with E-state index in [9.17, 15) is 9.90 Å². The molecule has 0 unspecified atom stereocenters. The van der Waals surface area contributed by atoms with Crippen molar-refractivity contribution in [1.29, 1.82) is 0 Å². The number of halogens is 1. The number of H-pyrrole nitrogens is 1. The van der Waals surface area contributed by atoms with Crippen LogP contribution in [0, 0.1) is 0 Å². The van der Waals surface area contributed by atoms with Crippen molar-refractivity contribution in [2.24, 2.45) is 0 Å². The molecule has 0 saturated carbocycles. The zero-order valence-corrected chi connectivity index (χ0v) is 14.4. The second-order valence-corrected chi connectivity index (χ2v) is 5.06. The molecule has 0 aliphatic carbocycles. The Hall–Kier alpha value is -2.99. The topological polar surface area (TPSA) is 87.3 Å². The molecule has 0 atom stereocenters. The summed E-state index contributed by atoms with van der Waals surface area (Å²) in [6, 6.07) is 10.4. The Bertz CT molecular complexity index is 934. The summed E-state index contributed by atoms with van der Waals surface area (Å²) in [6.07, 6.45) is 3.61. The lowest BCUT2D eigenvalue weighted by atomic mass is 10.2. The van der Waals surface area contributed by atoms with Crippen LogP contribution in [0.15, 0.2) is 36.4 Å². The summed E-state index contributed by atoms with van der Waals surface area (Å²) in [6.45, 7) is 0. The highest BCUT2D eigenvalue weighted by molar-refractivity contribution is 6.00. The molecule has 0 bridgehead atoms. The summed E-state index contributed by atoms with van der Waals surface area (Å²) in [5.74, 6) is 0.580. The van der Waals surface area contributed by atoms with Gasteiger partial charge in [0.2, 0.25) is 0 Å². The minimum absolute atomic E-state index is 0. The molecule has 3 aromatic rings. The van der Waals surface area contributed by atoms with E-state index in [1.807, 2.05) is 24.3 Å². The first kappa shape index (κ1) is 18.4. The molecule has 6 nitrogen and oxygen atoms in total. The van der Waals surface area contributed by atoms with Gasteiger partial charge in [-0.25, -0.2) is 4.98 Å². The Balaban J connectivity index is 0.00000225. The number of carbonyl (C=O) groups excluding carboxylic acids is 1. The first-order valence-electron chi connectivity index (χ1n) is 7.22. The molecule has 1 heterocycles. The molecule has 2 aromatic carbocycles. The number of rotatable bonds is 5. The van der Waals surface area contributed by atoms with Crippen LogP contribution in [0.4, 0.5) is 0 Å². The second-order valence-electron chi connectivity index (χ2n) is 5.06. The maximum absolute atomic E-state index is 11.1. The average molecular weight is 360 g/mol. The van der Waals surface area contributed by atoms with E-state index in [0.29, 0.717) is 28.4 Å². The number of hydrogen-bond donors (Lipinski definition) is 1. The van der Waals surface area contributed by atoms with Gasteiger partial charge in [-0.15, -0.1) is 12.4 Å². The van der Waals surface area contributed by atoms with Gasteiger partial charge in [0.05, 0.1) is 31.2 Å². The fourth-order valence-electron chi connectivity index (χ4n) is 2.43. The molecule has 0 spiro atoms. The first-order valence-corrected chi connectivity index (χ1v) is 7.22.